The van der Waals surface area contributed by atoms with Gasteiger partial charge in [0.05, 0.1) is 12.7 Å². The minimum Gasteiger partial charge on any atom is -0.394 e. The summed E-state index contributed by atoms with van der Waals surface area (Å²) in [5, 5.41) is 9.21. The summed E-state index contributed by atoms with van der Waals surface area (Å²) in [6.45, 7) is 7.21. The minimum atomic E-state index is -0.191. The Hall–Kier alpha value is -0.120. The summed E-state index contributed by atoms with van der Waals surface area (Å²) in [4.78, 5) is 0. The molecule has 3 N–H and O–H groups in total. The third-order valence-electron chi connectivity index (χ3n) is 2.73. The molecular weight excluding hydrogens is 202 g/mol. The second-order valence-corrected chi connectivity index (χ2v) is 4.95. The van der Waals surface area contributed by atoms with E-state index in [0.29, 0.717) is 5.92 Å². The molecule has 0 aromatic heterocycles. The minimum absolute atomic E-state index is 0.0294. The number of ether oxygens (including phenoxy) is 1. The first-order valence-corrected chi connectivity index (χ1v) is 6.59. The van der Waals surface area contributed by atoms with E-state index in [2.05, 4.69) is 20.8 Å². The zero-order valence-corrected chi connectivity index (χ0v) is 11.1. The average Bonchev–Trinajstić information content (AvgIpc) is 2.22. The molecule has 0 fully saturated rings. The molecule has 0 rings (SSSR count). The van der Waals surface area contributed by atoms with Crippen molar-refractivity contribution in [2.45, 2.75) is 65.0 Å². The highest BCUT2D eigenvalue weighted by Gasteiger charge is 2.18. The lowest BCUT2D eigenvalue weighted by atomic mass is 10.0. The Balaban J connectivity index is 3.65. The molecule has 0 aliphatic heterocycles. The first-order chi connectivity index (χ1) is 7.61. The number of nitrogens with two attached hydrogens (primary N) is 1. The number of hydrogen-bond donors (Lipinski definition) is 2. The average molecular weight is 231 g/mol. The molecule has 3 heteroatoms. The van der Waals surface area contributed by atoms with Gasteiger partial charge in [-0.25, -0.2) is 0 Å². The Morgan fingerprint density at radius 1 is 1.19 bits per heavy atom. The van der Waals surface area contributed by atoms with Crippen LogP contribution in [-0.2, 0) is 4.74 Å². The molecule has 0 aliphatic carbocycles. The van der Waals surface area contributed by atoms with Crippen molar-refractivity contribution in [2.24, 2.45) is 11.7 Å². The zero-order chi connectivity index (χ0) is 12.4. The molecule has 2 unspecified atom stereocenters. The van der Waals surface area contributed by atoms with Crippen molar-refractivity contribution in [2.75, 3.05) is 13.2 Å². The van der Waals surface area contributed by atoms with E-state index in [1.165, 1.54) is 19.3 Å². The van der Waals surface area contributed by atoms with Crippen molar-refractivity contribution in [3.63, 3.8) is 0 Å². The van der Waals surface area contributed by atoms with Gasteiger partial charge in [0, 0.05) is 12.6 Å². The first-order valence-electron chi connectivity index (χ1n) is 6.59. The second-order valence-electron chi connectivity index (χ2n) is 4.95. The lowest BCUT2D eigenvalue weighted by molar-refractivity contribution is -0.00746. The molecule has 0 amide bonds. The van der Waals surface area contributed by atoms with Crippen LogP contribution in [0.4, 0.5) is 0 Å². The highest BCUT2D eigenvalue weighted by atomic mass is 16.5. The Kier molecular flexibility index (Phi) is 9.99. The standard InChI is InChI=1S/C13H29NO2/c1-4-5-6-7-8-16-13(10-15)12(14)9-11(2)3/h11-13,15H,4-10,14H2,1-3H3. The Bertz CT molecular complexity index is 151. The van der Waals surface area contributed by atoms with E-state index < -0.39 is 0 Å². The van der Waals surface area contributed by atoms with Gasteiger partial charge in [-0.1, -0.05) is 40.0 Å². The molecule has 0 aromatic carbocycles. The van der Waals surface area contributed by atoms with Gasteiger partial charge in [-0.15, -0.1) is 0 Å². The first kappa shape index (κ1) is 15.9. The summed E-state index contributed by atoms with van der Waals surface area (Å²) in [6.07, 6.45) is 5.47. The van der Waals surface area contributed by atoms with E-state index >= 15 is 0 Å². The molecule has 2 atom stereocenters. The molecule has 0 heterocycles. The Labute approximate surface area is 100 Å². The van der Waals surface area contributed by atoms with Crippen molar-refractivity contribution in [1.29, 1.82) is 0 Å². The van der Waals surface area contributed by atoms with Gasteiger partial charge in [-0.2, -0.15) is 0 Å². The van der Waals surface area contributed by atoms with Gasteiger partial charge in [0.15, 0.2) is 0 Å². The molecule has 98 valence electrons. The predicted octanol–water partition coefficient (Wildman–Crippen LogP) is 2.32. The smallest absolute Gasteiger partial charge is 0.0956 e. The highest BCUT2D eigenvalue weighted by Crippen LogP contribution is 2.09. The third kappa shape index (κ3) is 8.08. The Morgan fingerprint density at radius 2 is 1.88 bits per heavy atom. The predicted molar refractivity (Wildman–Crippen MR) is 68.4 cm³/mol. The maximum atomic E-state index is 9.21. The summed E-state index contributed by atoms with van der Waals surface area (Å²) in [5.41, 5.74) is 5.99. The largest absolute Gasteiger partial charge is 0.394 e. The van der Waals surface area contributed by atoms with E-state index in [9.17, 15) is 5.11 Å². The van der Waals surface area contributed by atoms with E-state index in [0.717, 1.165) is 19.4 Å². The molecule has 0 bridgehead atoms. The SMILES string of the molecule is CCCCCCOC(CO)C(N)CC(C)C. The monoisotopic (exact) mass is 231 g/mol. The molecule has 0 aliphatic rings. The number of rotatable bonds is 10. The summed E-state index contributed by atoms with van der Waals surface area (Å²) >= 11 is 0. The van der Waals surface area contributed by atoms with Crippen molar-refractivity contribution in [3.05, 3.63) is 0 Å². The fourth-order valence-corrected chi connectivity index (χ4v) is 1.77. The van der Waals surface area contributed by atoms with Gasteiger partial charge in [-0.3, -0.25) is 0 Å². The fourth-order valence-electron chi connectivity index (χ4n) is 1.77. The van der Waals surface area contributed by atoms with Crippen LogP contribution in [0.15, 0.2) is 0 Å². The Morgan fingerprint density at radius 3 is 2.38 bits per heavy atom. The zero-order valence-electron chi connectivity index (χ0n) is 11.1. The summed E-state index contributed by atoms with van der Waals surface area (Å²) in [7, 11) is 0. The third-order valence-corrected chi connectivity index (χ3v) is 2.73. The van der Waals surface area contributed by atoms with E-state index in [4.69, 9.17) is 10.5 Å². The van der Waals surface area contributed by atoms with Crippen LogP contribution in [0.1, 0.15) is 52.9 Å². The van der Waals surface area contributed by atoms with Gasteiger partial charge >= 0.3 is 0 Å². The van der Waals surface area contributed by atoms with Crippen LogP contribution in [0.2, 0.25) is 0 Å². The van der Waals surface area contributed by atoms with Gasteiger partial charge in [0.2, 0.25) is 0 Å². The summed E-state index contributed by atoms with van der Waals surface area (Å²) in [5.74, 6) is 0.549. The molecule has 3 nitrogen and oxygen atoms in total. The van der Waals surface area contributed by atoms with Crippen LogP contribution in [0.5, 0.6) is 0 Å². The van der Waals surface area contributed by atoms with Crippen molar-refractivity contribution in [1.82, 2.24) is 0 Å². The van der Waals surface area contributed by atoms with E-state index in [1.807, 2.05) is 0 Å². The normalized spacial score (nSPS) is 15.4. The molecule has 0 saturated heterocycles. The molecule has 0 spiro atoms. The number of hydrogen-bond acceptors (Lipinski definition) is 3. The van der Waals surface area contributed by atoms with Gasteiger partial charge < -0.3 is 15.6 Å². The van der Waals surface area contributed by atoms with Crippen LogP contribution >= 0.6 is 0 Å². The van der Waals surface area contributed by atoms with E-state index in [1.54, 1.807) is 0 Å². The van der Waals surface area contributed by atoms with Gasteiger partial charge in [0.1, 0.15) is 0 Å². The fraction of sp³-hybridized carbons (Fsp3) is 1.00. The van der Waals surface area contributed by atoms with Crippen LogP contribution in [0.25, 0.3) is 0 Å². The maximum absolute atomic E-state index is 9.21. The molecule has 0 radical (unpaired) electrons. The summed E-state index contributed by atoms with van der Waals surface area (Å²) < 4.78 is 5.63. The molecule has 0 saturated carbocycles. The lowest BCUT2D eigenvalue weighted by Crippen LogP contribution is -2.40. The number of aliphatic hydroxyl groups is 1. The highest BCUT2D eigenvalue weighted by molar-refractivity contribution is 4.74. The second kappa shape index (κ2) is 10.1. The van der Waals surface area contributed by atoms with Gasteiger partial charge in [0.25, 0.3) is 0 Å². The van der Waals surface area contributed by atoms with Crippen LogP contribution in [0.3, 0.4) is 0 Å². The van der Waals surface area contributed by atoms with Crippen molar-refractivity contribution >= 4 is 0 Å². The van der Waals surface area contributed by atoms with Crippen LogP contribution < -0.4 is 5.73 Å². The topological polar surface area (TPSA) is 55.5 Å². The maximum Gasteiger partial charge on any atom is 0.0956 e. The molecule has 0 aromatic rings. The van der Waals surface area contributed by atoms with Crippen LogP contribution in [0, 0.1) is 5.92 Å². The number of unbranched alkanes of at least 4 members (excludes halogenated alkanes) is 3. The van der Waals surface area contributed by atoms with E-state index in [-0.39, 0.29) is 18.8 Å². The lowest BCUT2D eigenvalue weighted by Gasteiger charge is -2.23. The quantitative estimate of drug-likeness (QED) is 0.567. The molecule has 16 heavy (non-hydrogen) atoms. The van der Waals surface area contributed by atoms with Gasteiger partial charge in [-0.05, 0) is 18.8 Å². The van der Waals surface area contributed by atoms with Crippen molar-refractivity contribution < 1.29 is 9.84 Å². The summed E-state index contributed by atoms with van der Waals surface area (Å²) in [6, 6.07) is -0.0452. The van der Waals surface area contributed by atoms with Crippen molar-refractivity contribution in [3.8, 4) is 0 Å². The number of aliphatic hydroxyl groups excluding tert-OH is 1. The molecular formula is C13H29NO2. The van der Waals surface area contributed by atoms with Crippen LogP contribution in [-0.4, -0.2) is 30.5 Å².